The van der Waals surface area contributed by atoms with Crippen molar-refractivity contribution in [1.29, 1.82) is 0 Å². The van der Waals surface area contributed by atoms with Crippen LogP contribution < -0.4 is 11.1 Å². The summed E-state index contributed by atoms with van der Waals surface area (Å²) in [5.74, 6) is 0.981. The third kappa shape index (κ3) is 3.04. The molecule has 0 aliphatic heterocycles. The minimum absolute atomic E-state index is 0.0830. The topological polar surface area (TPSA) is 55.1 Å². The summed E-state index contributed by atoms with van der Waals surface area (Å²) in [5.41, 5.74) is 9.12. The highest BCUT2D eigenvalue weighted by atomic mass is 16.1. The van der Waals surface area contributed by atoms with Crippen molar-refractivity contribution in [1.82, 2.24) is 0 Å². The normalized spacial score (nSPS) is 22.2. The maximum Gasteiger partial charge on any atom is 0.227 e. The minimum atomic E-state index is 0.0830. The van der Waals surface area contributed by atoms with Gasteiger partial charge in [0.15, 0.2) is 0 Å². The molecule has 3 heteroatoms. The highest BCUT2D eigenvalue weighted by molar-refractivity contribution is 5.94. The van der Waals surface area contributed by atoms with E-state index in [9.17, 15) is 4.79 Å². The molecule has 0 heterocycles. The van der Waals surface area contributed by atoms with Gasteiger partial charge in [0.1, 0.15) is 0 Å². The van der Waals surface area contributed by atoms with E-state index in [1.54, 1.807) is 0 Å². The van der Waals surface area contributed by atoms with Gasteiger partial charge < -0.3 is 11.1 Å². The molecule has 0 radical (unpaired) electrons. The lowest BCUT2D eigenvalue weighted by Gasteiger charge is -2.21. The van der Waals surface area contributed by atoms with E-state index in [-0.39, 0.29) is 11.8 Å². The van der Waals surface area contributed by atoms with Crippen LogP contribution >= 0.6 is 0 Å². The number of nitrogens with one attached hydrogen (secondary N) is 1. The van der Waals surface area contributed by atoms with E-state index in [4.69, 9.17) is 5.73 Å². The molecule has 0 saturated heterocycles. The van der Waals surface area contributed by atoms with Gasteiger partial charge in [-0.25, -0.2) is 0 Å². The first-order valence-electron chi connectivity index (χ1n) is 7.65. The van der Waals surface area contributed by atoms with Crippen LogP contribution in [0.4, 0.5) is 5.69 Å². The first-order chi connectivity index (χ1) is 9.54. The molecular weight excluding hydrogens is 248 g/mol. The number of carbonyl (C=O) groups excluding carboxylic acids is 1. The Bertz CT molecular complexity index is 482. The summed E-state index contributed by atoms with van der Waals surface area (Å²) in [6.45, 7) is 6.98. The number of aryl methyl sites for hydroxylation is 1. The first-order valence-corrected chi connectivity index (χ1v) is 7.65. The maximum absolute atomic E-state index is 12.5. The van der Waals surface area contributed by atoms with Gasteiger partial charge in [0.2, 0.25) is 5.91 Å². The molecule has 0 spiro atoms. The van der Waals surface area contributed by atoms with Crippen LogP contribution in [0.2, 0.25) is 0 Å². The molecule has 1 aromatic rings. The molecule has 1 fully saturated rings. The summed E-state index contributed by atoms with van der Waals surface area (Å²) >= 11 is 0. The summed E-state index contributed by atoms with van der Waals surface area (Å²) in [4.78, 5) is 12.5. The van der Waals surface area contributed by atoms with Gasteiger partial charge in [-0.1, -0.05) is 38.5 Å². The van der Waals surface area contributed by atoms with Crippen LogP contribution in [0.1, 0.15) is 50.2 Å². The number of anilines is 1. The average Bonchev–Trinajstić information content (AvgIpc) is 2.89. The van der Waals surface area contributed by atoms with Crippen LogP contribution in [0.5, 0.6) is 0 Å². The Morgan fingerprint density at radius 3 is 2.80 bits per heavy atom. The van der Waals surface area contributed by atoms with Crippen molar-refractivity contribution in [2.75, 3.05) is 11.9 Å². The van der Waals surface area contributed by atoms with Crippen molar-refractivity contribution in [3.8, 4) is 0 Å². The van der Waals surface area contributed by atoms with Gasteiger partial charge in [-0.15, -0.1) is 0 Å². The quantitative estimate of drug-likeness (QED) is 0.883. The molecule has 0 bridgehead atoms. The van der Waals surface area contributed by atoms with E-state index in [0.29, 0.717) is 18.4 Å². The number of hydrogen-bond donors (Lipinski definition) is 2. The molecule has 1 aliphatic carbocycles. The zero-order chi connectivity index (χ0) is 14.7. The summed E-state index contributed by atoms with van der Waals surface area (Å²) < 4.78 is 0. The smallest absolute Gasteiger partial charge is 0.227 e. The molecule has 1 amide bonds. The molecule has 20 heavy (non-hydrogen) atoms. The average molecular weight is 274 g/mol. The fourth-order valence-electron chi connectivity index (χ4n) is 3.22. The van der Waals surface area contributed by atoms with Crippen LogP contribution in [0.3, 0.4) is 0 Å². The predicted molar refractivity (Wildman–Crippen MR) is 83.8 cm³/mol. The van der Waals surface area contributed by atoms with E-state index < -0.39 is 0 Å². The van der Waals surface area contributed by atoms with Crippen molar-refractivity contribution in [2.45, 2.75) is 46.0 Å². The summed E-state index contributed by atoms with van der Waals surface area (Å²) in [5, 5.41) is 3.17. The molecule has 3 nitrogen and oxygen atoms in total. The minimum Gasteiger partial charge on any atom is -0.330 e. The molecule has 0 unspecified atom stereocenters. The van der Waals surface area contributed by atoms with Gasteiger partial charge in [-0.2, -0.15) is 0 Å². The Hall–Kier alpha value is -1.35. The second kappa shape index (κ2) is 6.40. The fourth-order valence-corrected chi connectivity index (χ4v) is 3.22. The molecule has 1 aliphatic rings. The second-order valence-electron chi connectivity index (χ2n) is 6.22. The van der Waals surface area contributed by atoms with Gasteiger partial charge in [0.25, 0.3) is 0 Å². The van der Waals surface area contributed by atoms with Crippen molar-refractivity contribution in [2.24, 2.45) is 17.6 Å². The largest absolute Gasteiger partial charge is 0.330 e. The highest BCUT2D eigenvalue weighted by Crippen LogP contribution is 2.33. The SMILES string of the molecule is Cc1cccc(C(C)C)c1NC(=O)[C@@H]1CCC[C@@H]1CN. The lowest BCUT2D eigenvalue weighted by Crippen LogP contribution is -2.30. The lowest BCUT2D eigenvalue weighted by molar-refractivity contribution is -0.120. The number of para-hydroxylation sites is 1. The van der Waals surface area contributed by atoms with Gasteiger partial charge in [-0.05, 0) is 49.3 Å². The van der Waals surface area contributed by atoms with Crippen molar-refractivity contribution >= 4 is 11.6 Å². The third-order valence-corrected chi connectivity index (χ3v) is 4.47. The van der Waals surface area contributed by atoms with Crippen LogP contribution in [0.15, 0.2) is 18.2 Å². The van der Waals surface area contributed by atoms with Gasteiger partial charge in [0.05, 0.1) is 0 Å². The highest BCUT2D eigenvalue weighted by Gasteiger charge is 2.32. The number of rotatable bonds is 4. The number of carbonyl (C=O) groups is 1. The Balaban J connectivity index is 2.19. The van der Waals surface area contributed by atoms with Crippen LogP contribution in [-0.4, -0.2) is 12.5 Å². The number of nitrogens with two attached hydrogens (primary N) is 1. The van der Waals surface area contributed by atoms with Crippen molar-refractivity contribution in [3.63, 3.8) is 0 Å². The Kier molecular flexibility index (Phi) is 4.81. The van der Waals surface area contributed by atoms with Crippen LogP contribution in [-0.2, 0) is 4.79 Å². The molecule has 0 aromatic heterocycles. The Morgan fingerprint density at radius 2 is 2.15 bits per heavy atom. The van der Waals surface area contributed by atoms with Gasteiger partial charge >= 0.3 is 0 Å². The first kappa shape index (κ1) is 15.0. The van der Waals surface area contributed by atoms with Crippen molar-refractivity contribution in [3.05, 3.63) is 29.3 Å². The number of benzene rings is 1. The molecule has 1 aromatic carbocycles. The van der Waals surface area contributed by atoms with E-state index in [2.05, 4.69) is 44.3 Å². The molecule has 2 rings (SSSR count). The predicted octanol–water partition coefficient (Wildman–Crippen LogP) is 3.43. The molecule has 2 atom stereocenters. The molecule has 1 saturated carbocycles. The fraction of sp³-hybridized carbons (Fsp3) is 0.588. The Morgan fingerprint density at radius 1 is 1.40 bits per heavy atom. The Labute approximate surface area is 121 Å². The molecular formula is C17H26N2O. The lowest BCUT2D eigenvalue weighted by atomic mass is 9.94. The van der Waals surface area contributed by atoms with E-state index in [1.165, 1.54) is 5.56 Å². The van der Waals surface area contributed by atoms with Gasteiger partial charge in [-0.3, -0.25) is 4.79 Å². The molecule has 3 N–H and O–H groups in total. The van der Waals surface area contributed by atoms with Crippen molar-refractivity contribution < 1.29 is 4.79 Å². The van der Waals surface area contributed by atoms with E-state index >= 15 is 0 Å². The maximum atomic E-state index is 12.5. The second-order valence-corrected chi connectivity index (χ2v) is 6.22. The monoisotopic (exact) mass is 274 g/mol. The third-order valence-electron chi connectivity index (χ3n) is 4.47. The molecule has 110 valence electrons. The summed E-state index contributed by atoms with van der Waals surface area (Å²) in [6, 6.07) is 6.21. The van der Waals surface area contributed by atoms with Crippen LogP contribution in [0.25, 0.3) is 0 Å². The van der Waals surface area contributed by atoms with Crippen LogP contribution in [0, 0.1) is 18.8 Å². The van der Waals surface area contributed by atoms with E-state index in [0.717, 1.165) is 30.5 Å². The van der Waals surface area contributed by atoms with E-state index in [1.807, 2.05) is 0 Å². The number of amides is 1. The number of hydrogen-bond acceptors (Lipinski definition) is 2. The summed E-state index contributed by atoms with van der Waals surface area (Å²) in [6.07, 6.45) is 3.17. The zero-order valence-electron chi connectivity index (χ0n) is 12.8. The van der Waals surface area contributed by atoms with Gasteiger partial charge in [0, 0.05) is 11.6 Å². The standard InChI is InChI=1S/C17H26N2O/c1-11(2)14-8-4-6-12(3)16(14)19-17(20)15-9-5-7-13(15)10-18/h4,6,8,11,13,15H,5,7,9-10,18H2,1-3H3,(H,19,20)/t13-,15-/m1/s1. The summed E-state index contributed by atoms with van der Waals surface area (Å²) in [7, 11) is 0. The zero-order valence-corrected chi connectivity index (χ0v) is 12.8.